The van der Waals surface area contributed by atoms with Crippen LogP contribution >= 0.6 is 22.9 Å². The molecule has 0 saturated carbocycles. The van der Waals surface area contributed by atoms with E-state index in [1.165, 1.54) is 15.6 Å². The summed E-state index contributed by atoms with van der Waals surface area (Å²) >= 11 is 7.22. The summed E-state index contributed by atoms with van der Waals surface area (Å²) in [6, 6.07) is 10.1. The number of imidazole rings is 1. The third-order valence-corrected chi connectivity index (χ3v) is 8.94. The van der Waals surface area contributed by atoms with Crippen LogP contribution in [-0.4, -0.2) is 41.3 Å². The normalized spacial score (nSPS) is 18.6. The van der Waals surface area contributed by atoms with Crippen LogP contribution in [0.25, 0.3) is 0 Å². The Labute approximate surface area is 190 Å². The lowest BCUT2D eigenvalue weighted by Crippen LogP contribution is -2.46. The molecule has 7 nitrogen and oxygen atoms in total. The van der Waals surface area contributed by atoms with Gasteiger partial charge < -0.3 is 9.88 Å². The molecule has 2 atom stereocenters. The van der Waals surface area contributed by atoms with Gasteiger partial charge in [0.2, 0.25) is 5.91 Å². The molecule has 1 aromatic carbocycles. The molecule has 1 aliphatic rings. The quantitative estimate of drug-likeness (QED) is 0.588. The molecule has 0 radical (unpaired) electrons. The highest BCUT2D eigenvalue weighted by atomic mass is 35.5. The number of thiophene rings is 1. The van der Waals surface area contributed by atoms with E-state index >= 15 is 0 Å². The van der Waals surface area contributed by atoms with Crippen molar-refractivity contribution in [3.63, 3.8) is 0 Å². The van der Waals surface area contributed by atoms with Gasteiger partial charge in [0.25, 0.3) is 10.0 Å². The third kappa shape index (κ3) is 4.69. The molecule has 1 saturated heterocycles. The first kappa shape index (κ1) is 22.0. The van der Waals surface area contributed by atoms with E-state index < -0.39 is 22.0 Å². The smallest absolute Gasteiger partial charge is 0.252 e. The Kier molecular flexibility index (Phi) is 6.47. The van der Waals surface area contributed by atoms with Gasteiger partial charge in [0, 0.05) is 37.6 Å². The van der Waals surface area contributed by atoms with Gasteiger partial charge in [-0.1, -0.05) is 29.8 Å². The van der Waals surface area contributed by atoms with E-state index in [1.807, 2.05) is 29.9 Å². The zero-order valence-electron chi connectivity index (χ0n) is 16.9. The molecule has 0 bridgehead atoms. The zero-order chi connectivity index (χ0) is 22.0. The number of hydrogen-bond donors (Lipinski definition) is 1. The van der Waals surface area contributed by atoms with Gasteiger partial charge in [0.15, 0.2) is 0 Å². The van der Waals surface area contributed by atoms with E-state index in [2.05, 4.69) is 10.3 Å². The molecule has 164 valence electrons. The maximum atomic E-state index is 13.2. The highest BCUT2D eigenvalue weighted by Gasteiger charge is 2.35. The van der Waals surface area contributed by atoms with Crippen LogP contribution in [0.3, 0.4) is 0 Å². The lowest BCUT2D eigenvalue weighted by Gasteiger charge is -2.32. The van der Waals surface area contributed by atoms with Gasteiger partial charge in [-0.25, -0.2) is 13.4 Å². The number of nitrogens with zero attached hydrogens (tertiary/aromatic N) is 3. The minimum atomic E-state index is -3.58. The maximum absolute atomic E-state index is 13.2. The molecule has 3 aromatic rings. The molecule has 1 amide bonds. The minimum Gasteiger partial charge on any atom is -0.342 e. The van der Waals surface area contributed by atoms with Crippen molar-refractivity contribution < 1.29 is 13.2 Å². The number of carbonyl (C=O) groups excluding carboxylic acids is 1. The van der Waals surface area contributed by atoms with Crippen molar-refractivity contribution in [2.24, 2.45) is 13.0 Å². The number of benzene rings is 1. The molecule has 0 aliphatic carbocycles. The predicted molar refractivity (Wildman–Crippen MR) is 120 cm³/mol. The van der Waals surface area contributed by atoms with Crippen molar-refractivity contribution in [2.45, 2.75) is 23.1 Å². The van der Waals surface area contributed by atoms with Crippen LogP contribution < -0.4 is 5.32 Å². The third-order valence-electron chi connectivity index (χ3n) is 5.45. The van der Waals surface area contributed by atoms with Crippen molar-refractivity contribution in [3.05, 3.63) is 70.6 Å². The number of hydrogen-bond acceptors (Lipinski definition) is 5. The Morgan fingerprint density at radius 2 is 2.06 bits per heavy atom. The maximum Gasteiger partial charge on any atom is 0.252 e. The highest BCUT2D eigenvalue weighted by Crippen LogP contribution is 2.28. The van der Waals surface area contributed by atoms with Crippen LogP contribution in [0.5, 0.6) is 0 Å². The molecule has 1 fully saturated rings. The molecular formula is C21H23ClN4O3S2. The number of aryl methyl sites for hydroxylation is 1. The monoisotopic (exact) mass is 478 g/mol. The summed E-state index contributed by atoms with van der Waals surface area (Å²) < 4.78 is 29.4. The Bertz CT molecular complexity index is 1140. The largest absolute Gasteiger partial charge is 0.342 e. The summed E-state index contributed by atoms with van der Waals surface area (Å²) in [5.41, 5.74) is 0.853. The molecule has 31 heavy (non-hydrogen) atoms. The second kappa shape index (κ2) is 9.12. The van der Waals surface area contributed by atoms with Gasteiger partial charge in [0.1, 0.15) is 16.1 Å². The fourth-order valence-corrected chi connectivity index (χ4v) is 6.57. The Balaban J connectivity index is 1.54. The summed E-state index contributed by atoms with van der Waals surface area (Å²) in [6.45, 7) is 0.587. The number of rotatable bonds is 6. The zero-order valence-corrected chi connectivity index (χ0v) is 19.3. The number of halogens is 1. The summed E-state index contributed by atoms with van der Waals surface area (Å²) in [5, 5.41) is 5.44. The number of sulfonamides is 1. The average molecular weight is 479 g/mol. The van der Waals surface area contributed by atoms with E-state index in [0.29, 0.717) is 34.4 Å². The second-order valence-corrected chi connectivity index (χ2v) is 11.1. The van der Waals surface area contributed by atoms with Gasteiger partial charge >= 0.3 is 0 Å². The summed E-state index contributed by atoms with van der Waals surface area (Å²) in [4.78, 5) is 17.6. The van der Waals surface area contributed by atoms with E-state index in [4.69, 9.17) is 11.6 Å². The molecule has 2 aromatic heterocycles. The lowest BCUT2D eigenvalue weighted by atomic mass is 9.97. The van der Waals surface area contributed by atoms with Crippen molar-refractivity contribution >= 4 is 38.9 Å². The first-order chi connectivity index (χ1) is 14.9. The van der Waals surface area contributed by atoms with Gasteiger partial charge in [-0.05, 0) is 42.0 Å². The predicted octanol–water partition coefficient (Wildman–Crippen LogP) is 3.44. The Morgan fingerprint density at radius 1 is 1.29 bits per heavy atom. The first-order valence-electron chi connectivity index (χ1n) is 9.93. The molecular weight excluding hydrogens is 456 g/mol. The van der Waals surface area contributed by atoms with Crippen molar-refractivity contribution in [1.29, 1.82) is 0 Å². The molecule has 1 N–H and O–H groups in total. The minimum absolute atomic E-state index is 0.167. The summed E-state index contributed by atoms with van der Waals surface area (Å²) in [6.07, 6.45) is 4.77. The fraction of sp³-hybridized carbons (Fsp3) is 0.333. The van der Waals surface area contributed by atoms with Crippen molar-refractivity contribution in [1.82, 2.24) is 19.2 Å². The van der Waals surface area contributed by atoms with Crippen LogP contribution in [0.1, 0.15) is 30.3 Å². The van der Waals surface area contributed by atoms with Crippen LogP contribution in [0.2, 0.25) is 5.02 Å². The van der Waals surface area contributed by atoms with Crippen molar-refractivity contribution in [2.75, 3.05) is 13.1 Å². The van der Waals surface area contributed by atoms with Crippen molar-refractivity contribution in [3.8, 4) is 0 Å². The Hall–Kier alpha value is -2.20. The number of aromatic nitrogens is 2. The summed E-state index contributed by atoms with van der Waals surface area (Å²) in [5.74, 6) is 0.0714. The number of piperidine rings is 1. The standard InChI is InChI=1S/C21H23ClN4O3S2/c1-25-12-10-23-20(25)19(15-6-8-17(22)9-7-15)24-21(27)16-4-2-11-26(14-16)31(28,29)18-5-3-13-30-18/h3,5-10,12-13,16,19H,2,4,11,14H2,1H3,(H,24,27)/t16-,19+/m0/s1. The van der Waals surface area contributed by atoms with E-state index in [9.17, 15) is 13.2 Å². The van der Waals surface area contributed by atoms with Gasteiger partial charge in [-0.2, -0.15) is 4.31 Å². The average Bonchev–Trinajstić information content (AvgIpc) is 3.45. The van der Waals surface area contributed by atoms with Gasteiger partial charge in [-0.3, -0.25) is 4.79 Å². The highest BCUT2D eigenvalue weighted by molar-refractivity contribution is 7.91. The Morgan fingerprint density at radius 3 is 2.71 bits per heavy atom. The molecule has 3 heterocycles. The lowest BCUT2D eigenvalue weighted by molar-refractivity contribution is -0.126. The summed E-state index contributed by atoms with van der Waals surface area (Å²) in [7, 11) is -1.71. The molecule has 0 spiro atoms. The van der Waals surface area contributed by atoms with E-state index in [1.54, 1.807) is 35.8 Å². The number of carbonyl (C=O) groups is 1. The fourth-order valence-electron chi connectivity index (χ4n) is 3.78. The van der Waals surface area contributed by atoms with E-state index in [-0.39, 0.29) is 12.5 Å². The molecule has 0 unspecified atom stereocenters. The van der Waals surface area contributed by atoms with Crippen LogP contribution in [0.15, 0.2) is 58.4 Å². The number of amides is 1. The van der Waals surface area contributed by atoms with Crippen LogP contribution in [0, 0.1) is 5.92 Å². The van der Waals surface area contributed by atoms with Gasteiger partial charge in [-0.15, -0.1) is 11.3 Å². The number of nitrogens with one attached hydrogen (secondary N) is 1. The molecule has 10 heteroatoms. The first-order valence-corrected chi connectivity index (χ1v) is 12.6. The SMILES string of the molecule is Cn1ccnc1[C@H](NC(=O)[C@H]1CCCN(S(=O)(=O)c2cccs2)C1)c1ccc(Cl)cc1. The van der Waals surface area contributed by atoms with E-state index in [0.717, 1.165) is 5.56 Å². The van der Waals surface area contributed by atoms with Gasteiger partial charge in [0.05, 0.1) is 5.92 Å². The van der Waals surface area contributed by atoms with Crippen LogP contribution in [0.4, 0.5) is 0 Å². The second-order valence-electron chi connectivity index (χ2n) is 7.52. The van der Waals surface area contributed by atoms with Crippen LogP contribution in [-0.2, 0) is 21.9 Å². The topological polar surface area (TPSA) is 84.3 Å². The molecule has 1 aliphatic heterocycles. The molecule has 4 rings (SSSR count).